The maximum Gasteiger partial charge on any atom is 0.251 e. The van der Waals surface area contributed by atoms with Gasteiger partial charge in [0, 0.05) is 31.2 Å². The molecule has 0 saturated carbocycles. The summed E-state index contributed by atoms with van der Waals surface area (Å²) in [6.45, 7) is 1.88. The molecule has 1 unspecified atom stereocenters. The third kappa shape index (κ3) is 3.74. The fourth-order valence-electron chi connectivity index (χ4n) is 3.08. The maximum atomic E-state index is 14.0. The van der Waals surface area contributed by atoms with Crippen LogP contribution in [0.1, 0.15) is 28.8 Å². The number of rotatable bonds is 4. The number of nitrogens with one attached hydrogen (secondary N) is 1. The average Bonchev–Trinajstić information content (AvgIpc) is 2.62. The first-order valence-electron chi connectivity index (χ1n) is 8.26. The molecule has 0 radical (unpaired) electrons. The molecule has 126 valence electrons. The van der Waals surface area contributed by atoms with Crippen LogP contribution in [0.2, 0.25) is 0 Å². The van der Waals surface area contributed by atoms with Crippen LogP contribution in [-0.4, -0.2) is 25.0 Å². The molecule has 1 heterocycles. The highest BCUT2D eigenvalue weighted by molar-refractivity contribution is 5.94. The average molecular weight is 327 g/mol. The van der Waals surface area contributed by atoms with Gasteiger partial charge < -0.3 is 16.0 Å². The lowest BCUT2D eigenvalue weighted by molar-refractivity contribution is 0.0933. The molecule has 0 bridgehead atoms. The van der Waals surface area contributed by atoms with Crippen molar-refractivity contribution in [3.05, 3.63) is 65.5 Å². The lowest BCUT2D eigenvalue weighted by Crippen LogP contribution is -2.48. The van der Waals surface area contributed by atoms with Crippen molar-refractivity contribution in [2.75, 3.05) is 18.0 Å². The van der Waals surface area contributed by atoms with Crippen LogP contribution >= 0.6 is 0 Å². The molecule has 5 heteroatoms. The smallest absolute Gasteiger partial charge is 0.251 e. The molecule has 1 fully saturated rings. The van der Waals surface area contributed by atoms with Gasteiger partial charge in [0.05, 0.1) is 5.69 Å². The van der Waals surface area contributed by atoms with E-state index in [1.165, 1.54) is 6.07 Å². The van der Waals surface area contributed by atoms with E-state index >= 15 is 0 Å². The Morgan fingerprint density at radius 1 is 1.21 bits per heavy atom. The van der Waals surface area contributed by atoms with Crippen molar-refractivity contribution in [2.24, 2.45) is 5.73 Å². The molecule has 3 N–H and O–H groups in total. The molecule has 1 aliphatic heterocycles. The van der Waals surface area contributed by atoms with Crippen molar-refractivity contribution >= 4 is 11.6 Å². The van der Waals surface area contributed by atoms with E-state index in [0.29, 0.717) is 24.3 Å². The summed E-state index contributed by atoms with van der Waals surface area (Å²) < 4.78 is 14.0. The molecule has 1 saturated heterocycles. The van der Waals surface area contributed by atoms with Crippen molar-refractivity contribution in [3.63, 3.8) is 0 Å². The number of anilines is 1. The molecule has 24 heavy (non-hydrogen) atoms. The molecule has 0 aliphatic carbocycles. The van der Waals surface area contributed by atoms with Crippen molar-refractivity contribution in [1.82, 2.24) is 5.32 Å². The number of nitrogens with two attached hydrogens (primary N) is 1. The van der Waals surface area contributed by atoms with Gasteiger partial charge in [-0.1, -0.05) is 24.3 Å². The van der Waals surface area contributed by atoms with E-state index in [-0.39, 0.29) is 17.8 Å². The fourth-order valence-corrected chi connectivity index (χ4v) is 3.08. The second kappa shape index (κ2) is 7.45. The van der Waals surface area contributed by atoms with Gasteiger partial charge >= 0.3 is 0 Å². The van der Waals surface area contributed by atoms with Crippen molar-refractivity contribution in [3.8, 4) is 0 Å². The predicted octanol–water partition coefficient (Wildman–Crippen LogP) is 2.68. The van der Waals surface area contributed by atoms with Crippen LogP contribution in [-0.2, 0) is 6.54 Å². The molecule has 1 atom stereocenters. The Hall–Kier alpha value is -2.40. The molecule has 4 nitrogen and oxygen atoms in total. The van der Waals surface area contributed by atoms with Crippen LogP contribution in [0.15, 0.2) is 48.5 Å². The Balaban J connectivity index is 1.64. The van der Waals surface area contributed by atoms with Crippen LogP contribution < -0.4 is 16.0 Å². The normalized spacial score (nSPS) is 17.6. The van der Waals surface area contributed by atoms with Crippen LogP contribution in [0.4, 0.5) is 10.1 Å². The number of carbonyl (C=O) groups excluding carboxylic acids is 1. The van der Waals surface area contributed by atoms with Crippen LogP contribution in [0.3, 0.4) is 0 Å². The molecule has 2 aromatic carbocycles. The molecule has 2 aromatic rings. The zero-order chi connectivity index (χ0) is 16.9. The Kier molecular flexibility index (Phi) is 5.11. The standard InChI is InChI=1S/C19H22FN3O/c20-17-5-1-2-6-18(17)23-11-3-4-16(13-23)22-19(24)15-9-7-14(12-21)8-10-15/h1-2,5-10,16H,3-4,11-13,21H2,(H,22,24). The van der Waals surface area contributed by atoms with Gasteiger partial charge in [-0.3, -0.25) is 4.79 Å². The zero-order valence-corrected chi connectivity index (χ0v) is 13.5. The first-order chi connectivity index (χ1) is 11.7. The molecular formula is C19H22FN3O. The quantitative estimate of drug-likeness (QED) is 0.908. The van der Waals surface area contributed by atoms with Gasteiger partial charge in [0.15, 0.2) is 0 Å². The van der Waals surface area contributed by atoms with Crippen LogP contribution in [0.25, 0.3) is 0 Å². The largest absolute Gasteiger partial charge is 0.367 e. The number of nitrogens with zero attached hydrogens (tertiary/aromatic N) is 1. The number of benzene rings is 2. The summed E-state index contributed by atoms with van der Waals surface area (Å²) in [5, 5.41) is 3.06. The third-order valence-electron chi connectivity index (χ3n) is 4.40. The number of piperidine rings is 1. The Labute approximate surface area is 141 Å². The molecule has 3 rings (SSSR count). The van der Waals surface area contributed by atoms with E-state index in [4.69, 9.17) is 5.73 Å². The first kappa shape index (κ1) is 16.5. The van der Waals surface area contributed by atoms with E-state index in [0.717, 1.165) is 24.9 Å². The highest BCUT2D eigenvalue weighted by atomic mass is 19.1. The lowest BCUT2D eigenvalue weighted by atomic mass is 10.0. The summed E-state index contributed by atoms with van der Waals surface area (Å²) in [6.07, 6.45) is 1.82. The van der Waals surface area contributed by atoms with Gasteiger partial charge in [-0.25, -0.2) is 4.39 Å². The van der Waals surface area contributed by atoms with E-state index in [2.05, 4.69) is 5.32 Å². The van der Waals surface area contributed by atoms with Crippen molar-refractivity contribution < 1.29 is 9.18 Å². The second-order valence-electron chi connectivity index (χ2n) is 6.11. The maximum absolute atomic E-state index is 14.0. The Morgan fingerprint density at radius 3 is 2.67 bits per heavy atom. The number of para-hydroxylation sites is 1. The fraction of sp³-hybridized carbons (Fsp3) is 0.316. The summed E-state index contributed by atoms with van der Waals surface area (Å²) in [7, 11) is 0. The monoisotopic (exact) mass is 327 g/mol. The van der Waals surface area contributed by atoms with Gasteiger partial charge in [0.2, 0.25) is 0 Å². The SMILES string of the molecule is NCc1ccc(C(=O)NC2CCCN(c3ccccc3F)C2)cc1. The van der Waals surface area contributed by atoms with Crippen molar-refractivity contribution in [1.29, 1.82) is 0 Å². The van der Waals surface area contributed by atoms with Crippen LogP contribution in [0.5, 0.6) is 0 Å². The number of halogens is 1. The molecule has 1 aliphatic rings. The topological polar surface area (TPSA) is 58.4 Å². The number of amides is 1. The zero-order valence-electron chi connectivity index (χ0n) is 13.5. The van der Waals surface area contributed by atoms with Crippen LogP contribution in [0, 0.1) is 5.82 Å². The van der Waals surface area contributed by atoms with Gasteiger partial charge in [-0.05, 0) is 42.7 Å². The third-order valence-corrected chi connectivity index (χ3v) is 4.40. The van der Waals surface area contributed by atoms with E-state index in [1.54, 1.807) is 24.3 Å². The summed E-state index contributed by atoms with van der Waals surface area (Å²) in [4.78, 5) is 14.4. The van der Waals surface area contributed by atoms with E-state index < -0.39 is 0 Å². The highest BCUT2D eigenvalue weighted by Crippen LogP contribution is 2.23. The summed E-state index contributed by atoms with van der Waals surface area (Å²) in [6, 6.07) is 14.1. The highest BCUT2D eigenvalue weighted by Gasteiger charge is 2.23. The van der Waals surface area contributed by atoms with E-state index in [9.17, 15) is 9.18 Å². The Bertz CT molecular complexity index is 702. The predicted molar refractivity (Wildman–Crippen MR) is 93.4 cm³/mol. The van der Waals surface area contributed by atoms with Gasteiger partial charge in [-0.2, -0.15) is 0 Å². The summed E-state index contributed by atoms with van der Waals surface area (Å²) in [5.74, 6) is -0.319. The first-order valence-corrected chi connectivity index (χ1v) is 8.26. The van der Waals surface area contributed by atoms with Crippen molar-refractivity contribution in [2.45, 2.75) is 25.4 Å². The summed E-state index contributed by atoms with van der Waals surface area (Å²) in [5.41, 5.74) is 7.79. The molecule has 0 aromatic heterocycles. The summed E-state index contributed by atoms with van der Waals surface area (Å²) >= 11 is 0. The second-order valence-corrected chi connectivity index (χ2v) is 6.11. The van der Waals surface area contributed by atoms with Gasteiger partial charge in [0.25, 0.3) is 5.91 Å². The Morgan fingerprint density at radius 2 is 1.96 bits per heavy atom. The lowest BCUT2D eigenvalue weighted by Gasteiger charge is -2.35. The number of hydrogen-bond donors (Lipinski definition) is 2. The van der Waals surface area contributed by atoms with Gasteiger partial charge in [-0.15, -0.1) is 0 Å². The molecule has 1 amide bonds. The minimum absolute atomic E-state index is 0.0139. The minimum atomic E-state index is -0.221. The van der Waals surface area contributed by atoms with Gasteiger partial charge in [0.1, 0.15) is 5.82 Å². The number of carbonyl (C=O) groups is 1. The molecule has 0 spiro atoms. The molecular weight excluding hydrogens is 305 g/mol. The number of hydrogen-bond acceptors (Lipinski definition) is 3. The van der Waals surface area contributed by atoms with E-state index in [1.807, 2.05) is 23.1 Å². The minimum Gasteiger partial charge on any atom is -0.367 e.